The van der Waals surface area contributed by atoms with Crippen LogP contribution in [-0.4, -0.2) is 6.54 Å². The van der Waals surface area contributed by atoms with Gasteiger partial charge in [0.15, 0.2) is 0 Å². The van der Waals surface area contributed by atoms with Gasteiger partial charge in [0.1, 0.15) is 0 Å². The van der Waals surface area contributed by atoms with Gasteiger partial charge in [0, 0.05) is 0 Å². The molecule has 0 heterocycles. The zero-order chi connectivity index (χ0) is 7.78. The van der Waals surface area contributed by atoms with Crippen LogP contribution in [-0.2, 0) is 0 Å². The lowest BCUT2D eigenvalue weighted by atomic mass is 9.78. The molecule has 0 saturated carbocycles. The highest BCUT2D eigenvalue weighted by molar-refractivity contribution is 5.18. The predicted molar refractivity (Wildman–Crippen MR) is 44.7 cm³/mol. The van der Waals surface area contributed by atoms with E-state index in [2.05, 4.69) is 26.8 Å². The van der Waals surface area contributed by atoms with Gasteiger partial charge in [0.05, 0.1) is 0 Å². The minimum Gasteiger partial charge on any atom is -0.330 e. The molecule has 10 heavy (non-hydrogen) atoms. The maximum atomic E-state index is 5.64. The highest BCUT2D eigenvalue weighted by Gasteiger charge is 2.33. The first-order valence-electron chi connectivity index (χ1n) is 3.96. The molecular formula is C9H17N. The molecule has 0 bridgehead atoms. The van der Waals surface area contributed by atoms with Gasteiger partial charge in [-0.3, -0.25) is 0 Å². The van der Waals surface area contributed by atoms with Crippen molar-refractivity contribution in [3.63, 3.8) is 0 Å². The Morgan fingerprint density at radius 2 is 2.30 bits per heavy atom. The summed E-state index contributed by atoms with van der Waals surface area (Å²) in [6.07, 6.45) is 3.49. The van der Waals surface area contributed by atoms with Gasteiger partial charge in [-0.2, -0.15) is 0 Å². The fourth-order valence-corrected chi connectivity index (χ4v) is 1.59. The fourth-order valence-electron chi connectivity index (χ4n) is 1.59. The van der Waals surface area contributed by atoms with Gasteiger partial charge < -0.3 is 5.73 Å². The molecule has 1 atom stereocenters. The van der Waals surface area contributed by atoms with E-state index in [9.17, 15) is 0 Å². The fraction of sp³-hybridized carbons (Fsp3) is 0.778. The van der Waals surface area contributed by atoms with E-state index in [-0.39, 0.29) is 0 Å². The lowest BCUT2D eigenvalue weighted by molar-refractivity contribution is 0.300. The van der Waals surface area contributed by atoms with E-state index in [4.69, 9.17) is 5.73 Å². The van der Waals surface area contributed by atoms with Crippen molar-refractivity contribution in [1.29, 1.82) is 0 Å². The molecule has 0 aromatic carbocycles. The minimum atomic E-state index is 0.356. The maximum absolute atomic E-state index is 5.64. The van der Waals surface area contributed by atoms with Gasteiger partial charge in [-0.25, -0.2) is 0 Å². The maximum Gasteiger partial charge on any atom is -0.00377 e. The van der Waals surface area contributed by atoms with E-state index in [1.165, 1.54) is 12.0 Å². The number of allylic oxidation sites excluding steroid dienone is 2. The van der Waals surface area contributed by atoms with Gasteiger partial charge in [-0.1, -0.05) is 25.5 Å². The molecular weight excluding hydrogens is 122 g/mol. The Bertz CT molecular complexity index is 156. The molecule has 1 nitrogen and oxygen atoms in total. The van der Waals surface area contributed by atoms with Crippen molar-refractivity contribution >= 4 is 0 Å². The Hall–Kier alpha value is -0.300. The second kappa shape index (κ2) is 2.39. The lowest BCUT2D eigenvalue weighted by Gasteiger charge is -2.28. The first-order valence-corrected chi connectivity index (χ1v) is 3.96. The van der Waals surface area contributed by atoms with Gasteiger partial charge in [-0.05, 0) is 31.2 Å². The zero-order valence-electron chi connectivity index (χ0n) is 7.15. The van der Waals surface area contributed by atoms with Crippen LogP contribution in [0, 0.1) is 11.3 Å². The molecule has 1 rings (SSSR count). The quantitative estimate of drug-likeness (QED) is 0.552. The summed E-state index contributed by atoms with van der Waals surface area (Å²) in [5.74, 6) is 0.674. The second-order valence-corrected chi connectivity index (χ2v) is 3.78. The van der Waals surface area contributed by atoms with Crippen LogP contribution >= 0.6 is 0 Å². The number of nitrogens with two attached hydrogens (primary N) is 1. The van der Waals surface area contributed by atoms with E-state index in [1.807, 2.05) is 0 Å². The SMILES string of the molecule is CC1=CC[C@H](CN)C1(C)C. The second-order valence-electron chi connectivity index (χ2n) is 3.78. The number of rotatable bonds is 1. The third-order valence-electron chi connectivity index (χ3n) is 3.03. The van der Waals surface area contributed by atoms with Crippen LogP contribution in [0.15, 0.2) is 11.6 Å². The van der Waals surface area contributed by atoms with E-state index >= 15 is 0 Å². The van der Waals surface area contributed by atoms with Crippen LogP contribution in [0.1, 0.15) is 27.2 Å². The molecule has 0 aliphatic heterocycles. The molecule has 1 heteroatoms. The van der Waals surface area contributed by atoms with E-state index in [0.717, 1.165) is 6.54 Å². The standard InChI is InChI=1S/C9H17N/c1-7-4-5-8(6-10)9(7,2)3/h4,8H,5-6,10H2,1-3H3/t8-/m1/s1. The van der Waals surface area contributed by atoms with Gasteiger partial charge in [0.25, 0.3) is 0 Å². The van der Waals surface area contributed by atoms with Crippen molar-refractivity contribution in [2.45, 2.75) is 27.2 Å². The topological polar surface area (TPSA) is 26.0 Å². The molecule has 0 aromatic heterocycles. The van der Waals surface area contributed by atoms with Crippen molar-refractivity contribution in [2.24, 2.45) is 17.1 Å². The molecule has 0 fully saturated rings. The highest BCUT2D eigenvalue weighted by Crippen LogP contribution is 2.41. The Balaban J connectivity index is 2.74. The van der Waals surface area contributed by atoms with Crippen LogP contribution < -0.4 is 5.73 Å². The molecule has 0 spiro atoms. The Labute approximate surface area is 63.3 Å². The van der Waals surface area contributed by atoms with Crippen molar-refractivity contribution < 1.29 is 0 Å². The molecule has 1 aliphatic rings. The highest BCUT2D eigenvalue weighted by atomic mass is 14.6. The molecule has 2 N–H and O–H groups in total. The monoisotopic (exact) mass is 139 g/mol. The first kappa shape index (κ1) is 7.80. The summed E-state index contributed by atoms with van der Waals surface area (Å²) in [6.45, 7) is 7.59. The summed E-state index contributed by atoms with van der Waals surface area (Å²) in [5.41, 5.74) is 7.50. The average molecular weight is 139 g/mol. The van der Waals surface area contributed by atoms with Crippen LogP contribution in [0.2, 0.25) is 0 Å². The number of hydrogen-bond acceptors (Lipinski definition) is 1. The van der Waals surface area contributed by atoms with Crippen molar-refractivity contribution in [3.05, 3.63) is 11.6 Å². The van der Waals surface area contributed by atoms with Gasteiger partial charge >= 0.3 is 0 Å². The van der Waals surface area contributed by atoms with Crippen LogP contribution in [0.4, 0.5) is 0 Å². The molecule has 0 saturated heterocycles. The summed E-state index contributed by atoms with van der Waals surface area (Å²) in [4.78, 5) is 0. The van der Waals surface area contributed by atoms with Crippen molar-refractivity contribution in [1.82, 2.24) is 0 Å². The number of hydrogen-bond donors (Lipinski definition) is 1. The molecule has 0 radical (unpaired) electrons. The summed E-state index contributed by atoms with van der Waals surface area (Å²) in [6, 6.07) is 0. The van der Waals surface area contributed by atoms with Crippen molar-refractivity contribution in [3.8, 4) is 0 Å². The van der Waals surface area contributed by atoms with Crippen LogP contribution in [0.3, 0.4) is 0 Å². The molecule has 0 amide bonds. The summed E-state index contributed by atoms with van der Waals surface area (Å²) >= 11 is 0. The van der Waals surface area contributed by atoms with E-state index < -0.39 is 0 Å². The lowest BCUT2D eigenvalue weighted by Crippen LogP contribution is -2.27. The summed E-state index contributed by atoms with van der Waals surface area (Å²) in [7, 11) is 0. The van der Waals surface area contributed by atoms with Crippen LogP contribution in [0.5, 0.6) is 0 Å². The van der Waals surface area contributed by atoms with E-state index in [0.29, 0.717) is 11.3 Å². The van der Waals surface area contributed by atoms with Crippen LogP contribution in [0.25, 0.3) is 0 Å². The largest absolute Gasteiger partial charge is 0.330 e. The minimum absolute atomic E-state index is 0.356. The Morgan fingerprint density at radius 1 is 1.70 bits per heavy atom. The predicted octanol–water partition coefficient (Wildman–Crippen LogP) is 1.94. The normalized spacial score (nSPS) is 30.4. The third-order valence-corrected chi connectivity index (χ3v) is 3.03. The Kier molecular flexibility index (Phi) is 1.86. The average Bonchev–Trinajstić information content (AvgIpc) is 2.10. The third kappa shape index (κ3) is 0.988. The summed E-state index contributed by atoms with van der Waals surface area (Å²) < 4.78 is 0. The van der Waals surface area contributed by atoms with E-state index in [1.54, 1.807) is 0 Å². The summed E-state index contributed by atoms with van der Waals surface area (Å²) in [5, 5.41) is 0. The Morgan fingerprint density at radius 3 is 2.50 bits per heavy atom. The smallest absolute Gasteiger partial charge is 0.00377 e. The van der Waals surface area contributed by atoms with Gasteiger partial charge in [0.2, 0.25) is 0 Å². The van der Waals surface area contributed by atoms with Gasteiger partial charge in [-0.15, -0.1) is 0 Å². The molecule has 0 unspecified atom stereocenters. The zero-order valence-corrected chi connectivity index (χ0v) is 7.15. The molecule has 1 aliphatic carbocycles. The molecule has 0 aromatic rings. The first-order chi connectivity index (χ1) is 4.59. The molecule has 58 valence electrons. The van der Waals surface area contributed by atoms with Crippen molar-refractivity contribution in [2.75, 3.05) is 6.54 Å².